The van der Waals surface area contributed by atoms with E-state index >= 15 is 0 Å². The highest BCUT2D eigenvalue weighted by molar-refractivity contribution is 6.30. The van der Waals surface area contributed by atoms with E-state index in [-0.39, 0.29) is 5.56 Å². The minimum Gasteiger partial charge on any atom is -0.489 e. The van der Waals surface area contributed by atoms with Crippen LogP contribution in [0.1, 0.15) is 24.5 Å². The van der Waals surface area contributed by atoms with Crippen molar-refractivity contribution in [3.05, 3.63) is 99.4 Å². The number of ether oxygens (including phenoxy) is 1. The van der Waals surface area contributed by atoms with Gasteiger partial charge in [-0.25, -0.2) is 0 Å². The second-order valence-corrected chi connectivity index (χ2v) is 7.68. The van der Waals surface area contributed by atoms with E-state index in [0.29, 0.717) is 17.4 Å². The summed E-state index contributed by atoms with van der Waals surface area (Å²) in [5, 5.41) is 0.687. The third kappa shape index (κ3) is 6.34. The third-order valence-corrected chi connectivity index (χ3v) is 4.97. The van der Waals surface area contributed by atoms with E-state index in [1.807, 2.05) is 48.5 Å². The Kier molecular flexibility index (Phi) is 7.89. The average molecular weight is 423 g/mol. The lowest BCUT2D eigenvalue weighted by atomic mass is 10.2. The SMILES string of the molecule is CCCN(C)CC=Cc1ccc(-n2ccc(OCc3ccc(Cl)cc3)cc2=O)cc1. The fourth-order valence-electron chi connectivity index (χ4n) is 3.10. The quantitative estimate of drug-likeness (QED) is 0.461. The van der Waals surface area contributed by atoms with Crippen molar-refractivity contribution in [2.75, 3.05) is 20.1 Å². The van der Waals surface area contributed by atoms with Gasteiger partial charge in [-0.3, -0.25) is 9.36 Å². The summed E-state index contributed by atoms with van der Waals surface area (Å²) in [4.78, 5) is 14.8. The lowest BCUT2D eigenvalue weighted by Crippen LogP contribution is -2.18. The molecule has 0 atom stereocenters. The van der Waals surface area contributed by atoms with Crippen molar-refractivity contribution >= 4 is 17.7 Å². The lowest BCUT2D eigenvalue weighted by Gasteiger charge is -2.12. The van der Waals surface area contributed by atoms with Gasteiger partial charge in [0, 0.05) is 29.5 Å². The van der Waals surface area contributed by atoms with Crippen molar-refractivity contribution in [1.29, 1.82) is 0 Å². The highest BCUT2D eigenvalue weighted by Crippen LogP contribution is 2.15. The molecule has 0 saturated carbocycles. The fourth-order valence-corrected chi connectivity index (χ4v) is 3.22. The molecule has 2 aromatic carbocycles. The third-order valence-electron chi connectivity index (χ3n) is 4.71. The maximum atomic E-state index is 12.5. The van der Waals surface area contributed by atoms with Gasteiger partial charge in [-0.1, -0.05) is 54.9 Å². The smallest absolute Gasteiger partial charge is 0.258 e. The zero-order valence-electron chi connectivity index (χ0n) is 17.4. The van der Waals surface area contributed by atoms with Crippen LogP contribution in [0.2, 0.25) is 5.02 Å². The molecular weight excluding hydrogens is 396 g/mol. The molecule has 0 fully saturated rings. The van der Waals surface area contributed by atoms with Crippen LogP contribution in [0, 0.1) is 0 Å². The van der Waals surface area contributed by atoms with Crippen molar-refractivity contribution in [3.63, 3.8) is 0 Å². The highest BCUT2D eigenvalue weighted by Gasteiger charge is 2.03. The minimum atomic E-state index is -0.131. The number of rotatable bonds is 9. The summed E-state index contributed by atoms with van der Waals surface area (Å²) in [5.74, 6) is 0.543. The van der Waals surface area contributed by atoms with Gasteiger partial charge in [-0.05, 0) is 61.5 Å². The number of hydrogen-bond donors (Lipinski definition) is 0. The maximum Gasteiger partial charge on any atom is 0.258 e. The Balaban J connectivity index is 1.62. The molecule has 0 saturated heterocycles. The standard InChI is InChI=1S/C25H27ClN2O2/c1-3-15-27(2)16-4-5-20-8-12-23(13-9-20)28-17-14-24(18-25(28)29)30-19-21-6-10-22(26)11-7-21/h4-14,17-18H,3,15-16,19H2,1-2H3. The molecule has 0 aliphatic heterocycles. The van der Waals surface area contributed by atoms with Gasteiger partial charge in [-0.2, -0.15) is 0 Å². The Labute approximate surface area is 183 Å². The Morgan fingerprint density at radius 1 is 1.07 bits per heavy atom. The van der Waals surface area contributed by atoms with Crippen molar-refractivity contribution in [1.82, 2.24) is 9.47 Å². The first kappa shape index (κ1) is 21.9. The van der Waals surface area contributed by atoms with Gasteiger partial charge in [0.15, 0.2) is 0 Å². The molecule has 0 amide bonds. The average Bonchev–Trinajstić information content (AvgIpc) is 2.74. The van der Waals surface area contributed by atoms with E-state index in [0.717, 1.165) is 36.3 Å². The van der Waals surface area contributed by atoms with Crippen LogP contribution in [-0.2, 0) is 6.61 Å². The Morgan fingerprint density at radius 3 is 2.47 bits per heavy atom. The van der Waals surface area contributed by atoms with Crippen LogP contribution in [0.15, 0.2) is 77.7 Å². The monoisotopic (exact) mass is 422 g/mol. The zero-order valence-corrected chi connectivity index (χ0v) is 18.2. The Morgan fingerprint density at radius 2 is 1.80 bits per heavy atom. The molecule has 0 bridgehead atoms. The second kappa shape index (κ2) is 10.8. The lowest BCUT2D eigenvalue weighted by molar-refractivity contribution is 0.305. The number of hydrogen-bond acceptors (Lipinski definition) is 3. The molecule has 3 aromatic rings. The summed E-state index contributed by atoms with van der Waals surface area (Å²) in [5.41, 5.74) is 2.80. The van der Waals surface area contributed by atoms with Gasteiger partial charge in [-0.15, -0.1) is 0 Å². The molecule has 1 aromatic heterocycles. The van der Waals surface area contributed by atoms with Crippen molar-refractivity contribution in [2.45, 2.75) is 20.0 Å². The molecule has 0 unspecified atom stereocenters. The van der Waals surface area contributed by atoms with Crippen molar-refractivity contribution in [3.8, 4) is 11.4 Å². The molecular formula is C25H27ClN2O2. The number of aromatic nitrogens is 1. The summed E-state index contributed by atoms with van der Waals surface area (Å²) < 4.78 is 7.34. The molecule has 30 heavy (non-hydrogen) atoms. The fraction of sp³-hybridized carbons (Fsp3) is 0.240. The van der Waals surface area contributed by atoms with E-state index in [2.05, 4.69) is 31.0 Å². The Bertz CT molecular complexity index is 1020. The van der Waals surface area contributed by atoms with Gasteiger partial charge < -0.3 is 9.64 Å². The van der Waals surface area contributed by atoms with E-state index in [1.54, 1.807) is 16.8 Å². The van der Waals surface area contributed by atoms with Crippen LogP contribution in [0.3, 0.4) is 0 Å². The molecule has 0 N–H and O–H groups in total. The van der Waals surface area contributed by atoms with Crippen LogP contribution in [0.4, 0.5) is 0 Å². The normalized spacial score (nSPS) is 11.3. The molecule has 3 rings (SSSR count). The van der Waals surface area contributed by atoms with Gasteiger partial charge in [0.25, 0.3) is 5.56 Å². The van der Waals surface area contributed by atoms with Crippen molar-refractivity contribution < 1.29 is 4.74 Å². The molecule has 156 valence electrons. The number of likely N-dealkylation sites (N-methyl/N-ethyl adjacent to an activating group) is 1. The summed E-state index contributed by atoms with van der Waals surface area (Å²) in [6.07, 6.45) is 7.15. The molecule has 0 spiro atoms. The van der Waals surface area contributed by atoms with Crippen LogP contribution in [0.5, 0.6) is 5.75 Å². The minimum absolute atomic E-state index is 0.131. The van der Waals surface area contributed by atoms with Crippen molar-refractivity contribution in [2.24, 2.45) is 0 Å². The predicted molar refractivity (Wildman–Crippen MR) is 125 cm³/mol. The van der Waals surface area contributed by atoms with Gasteiger partial charge >= 0.3 is 0 Å². The summed E-state index contributed by atoms with van der Waals surface area (Å²) in [7, 11) is 2.12. The topological polar surface area (TPSA) is 34.5 Å². The summed E-state index contributed by atoms with van der Waals surface area (Å²) >= 11 is 5.89. The first-order valence-electron chi connectivity index (χ1n) is 10.1. The second-order valence-electron chi connectivity index (χ2n) is 7.24. The number of nitrogens with zero attached hydrogens (tertiary/aromatic N) is 2. The van der Waals surface area contributed by atoms with Crippen LogP contribution in [-0.4, -0.2) is 29.6 Å². The largest absolute Gasteiger partial charge is 0.489 e. The maximum absolute atomic E-state index is 12.5. The predicted octanol–water partition coefficient (Wildman–Crippen LogP) is 5.42. The van der Waals surface area contributed by atoms with Crippen LogP contribution < -0.4 is 10.3 Å². The zero-order chi connectivity index (χ0) is 21.3. The highest BCUT2D eigenvalue weighted by atomic mass is 35.5. The summed E-state index contributed by atoms with van der Waals surface area (Å²) in [6, 6.07) is 18.7. The molecule has 5 heteroatoms. The van der Waals surface area contributed by atoms with Gasteiger partial charge in [0.05, 0.1) is 0 Å². The molecule has 1 heterocycles. The molecule has 0 radical (unpaired) electrons. The number of benzene rings is 2. The van der Waals surface area contributed by atoms with E-state index in [1.165, 1.54) is 6.07 Å². The van der Waals surface area contributed by atoms with Crippen LogP contribution in [0.25, 0.3) is 11.8 Å². The molecule has 0 aliphatic rings. The summed E-state index contributed by atoms with van der Waals surface area (Å²) in [6.45, 7) is 4.58. The first-order valence-corrected chi connectivity index (χ1v) is 10.5. The van der Waals surface area contributed by atoms with E-state index in [4.69, 9.17) is 16.3 Å². The molecule has 0 aliphatic carbocycles. The van der Waals surface area contributed by atoms with Gasteiger partial charge in [0.1, 0.15) is 12.4 Å². The first-order chi connectivity index (χ1) is 14.5. The van der Waals surface area contributed by atoms with Gasteiger partial charge in [0.2, 0.25) is 0 Å². The Hall–Kier alpha value is -2.82. The van der Waals surface area contributed by atoms with E-state index in [9.17, 15) is 4.79 Å². The number of pyridine rings is 1. The van der Waals surface area contributed by atoms with E-state index < -0.39 is 0 Å². The number of halogens is 1. The molecule has 4 nitrogen and oxygen atoms in total. The van der Waals surface area contributed by atoms with Crippen LogP contribution >= 0.6 is 11.6 Å².